The summed E-state index contributed by atoms with van der Waals surface area (Å²) in [6, 6.07) is 6.86. The van der Waals surface area contributed by atoms with E-state index in [1.807, 2.05) is 24.4 Å². The molecule has 1 N–H and O–H groups in total. The van der Waals surface area contributed by atoms with E-state index in [1.165, 1.54) is 6.07 Å². The number of hydrogen-bond donors (Lipinski definition) is 1. The molecule has 3 heterocycles. The molecule has 3 aromatic rings. The van der Waals surface area contributed by atoms with Gasteiger partial charge in [-0.15, -0.1) is 0 Å². The molecule has 0 saturated heterocycles. The average Bonchev–Trinajstić information content (AvgIpc) is 2.91. The highest BCUT2D eigenvalue weighted by Gasteiger charge is 2.17. The Kier molecular flexibility index (Phi) is 4.05. The fraction of sp³-hybridized carbons (Fsp3) is 0.0769. The van der Waals surface area contributed by atoms with Crippen LogP contribution in [0.1, 0.15) is 5.82 Å². The number of aromatic nitrogens is 3. The lowest BCUT2D eigenvalue weighted by Crippen LogP contribution is -2.24. The van der Waals surface area contributed by atoms with Crippen LogP contribution in [-0.2, 0) is 16.6 Å². The van der Waals surface area contributed by atoms with E-state index in [-0.39, 0.29) is 21.6 Å². The molecule has 3 aromatic heterocycles. The minimum absolute atomic E-state index is 0.0424. The van der Waals surface area contributed by atoms with Crippen molar-refractivity contribution in [2.75, 3.05) is 0 Å². The molecule has 114 valence electrons. The summed E-state index contributed by atoms with van der Waals surface area (Å²) in [6.45, 7) is 0.0424. The van der Waals surface area contributed by atoms with E-state index < -0.39 is 10.0 Å². The van der Waals surface area contributed by atoms with Gasteiger partial charge in [0.25, 0.3) is 0 Å². The van der Waals surface area contributed by atoms with Crippen LogP contribution in [0.15, 0.2) is 47.8 Å². The summed E-state index contributed by atoms with van der Waals surface area (Å²) in [5, 5.41) is 0.135. The highest BCUT2D eigenvalue weighted by molar-refractivity contribution is 7.89. The Morgan fingerprint density at radius 1 is 1.18 bits per heavy atom. The molecule has 0 aromatic carbocycles. The van der Waals surface area contributed by atoms with E-state index in [4.69, 9.17) is 23.2 Å². The summed E-state index contributed by atoms with van der Waals surface area (Å²) < 4.78 is 28.7. The van der Waals surface area contributed by atoms with Gasteiger partial charge >= 0.3 is 0 Å². The number of nitrogens with one attached hydrogen (secondary N) is 1. The van der Waals surface area contributed by atoms with Gasteiger partial charge in [-0.25, -0.2) is 23.1 Å². The first-order chi connectivity index (χ1) is 10.5. The maximum Gasteiger partial charge on any atom is 0.242 e. The van der Waals surface area contributed by atoms with E-state index in [0.29, 0.717) is 5.82 Å². The number of hydrogen-bond acceptors (Lipinski definition) is 4. The molecule has 22 heavy (non-hydrogen) atoms. The zero-order valence-electron chi connectivity index (χ0n) is 11.1. The summed E-state index contributed by atoms with van der Waals surface area (Å²) in [4.78, 5) is 7.88. The van der Waals surface area contributed by atoms with Gasteiger partial charge in [0.15, 0.2) is 0 Å². The molecule has 9 heteroatoms. The molecule has 3 rings (SSSR count). The Bertz CT molecular complexity index is 940. The van der Waals surface area contributed by atoms with E-state index >= 15 is 0 Å². The standard InChI is InChI=1S/C13H10Cl2N4O2S/c14-11-5-10(7-17-13(11)15)22(20,21)18-8-12-16-6-9-3-1-2-4-19(9)12/h1-7,18H,8H2. The number of rotatable bonds is 4. The minimum atomic E-state index is -3.75. The Balaban J connectivity index is 1.84. The SMILES string of the molecule is O=S(=O)(NCc1ncc2ccccn12)c1cnc(Cl)c(Cl)c1. The number of pyridine rings is 2. The van der Waals surface area contributed by atoms with Crippen LogP contribution in [0.4, 0.5) is 0 Å². The third-order valence-electron chi connectivity index (χ3n) is 3.02. The van der Waals surface area contributed by atoms with Crippen LogP contribution in [0.2, 0.25) is 10.2 Å². The Morgan fingerprint density at radius 2 is 2.00 bits per heavy atom. The van der Waals surface area contributed by atoms with Crippen molar-refractivity contribution in [3.8, 4) is 0 Å². The maximum absolute atomic E-state index is 12.2. The fourth-order valence-corrected chi connectivity index (χ4v) is 3.21. The molecule has 0 unspecified atom stereocenters. The zero-order chi connectivity index (χ0) is 15.7. The summed E-state index contributed by atoms with van der Waals surface area (Å²) in [7, 11) is -3.75. The molecule has 0 aliphatic rings. The quantitative estimate of drug-likeness (QED) is 0.728. The van der Waals surface area contributed by atoms with Crippen molar-refractivity contribution in [3.05, 3.63) is 58.9 Å². The van der Waals surface area contributed by atoms with Crippen LogP contribution >= 0.6 is 23.2 Å². The fourth-order valence-electron chi connectivity index (χ4n) is 1.92. The van der Waals surface area contributed by atoms with Gasteiger partial charge in [0.05, 0.1) is 23.3 Å². The predicted molar refractivity (Wildman–Crippen MR) is 83.5 cm³/mol. The highest BCUT2D eigenvalue weighted by Crippen LogP contribution is 2.22. The Labute approximate surface area is 136 Å². The van der Waals surface area contributed by atoms with Crippen LogP contribution < -0.4 is 4.72 Å². The molecule has 0 radical (unpaired) electrons. The highest BCUT2D eigenvalue weighted by atomic mass is 35.5. The van der Waals surface area contributed by atoms with Gasteiger partial charge in [-0.3, -0.25) is 0 Å². The number of halogens is 2. The van der Waals surface area contributed by atoms with E-state index in [9.17, 15) is 8.42 Å². The van der Waals surface area contributed by atoms with Crippen molar-refractivity contribution in [1.82, 2.24) is 19.1 Å². The molecule has 0 atom stereocenters. The number of fused-ring (bicyclic) bond motifs is 1. The summed E-state index contributed by atoms with van der Waals surface area (Å²) in [5.41, 5.74) is 0.882. The lowest BCUT2D eigenvalue weighted by Gasteiger charge is -2.07. The van der Waals surface area contributed by atoms with Crippen LogP contribution in [0.25, 0.3) is 5.52 Å². The van der Waals surface area contributed by atoms with Gasteiger partial charge in [0, 0.05) is 12.4 Å². The normalized spacial score (nSPS) is 11.9. The topological polar surface area (TPSA) is 76.4 Å². The first kappa shape index (κ1) is 15.2. The molecule has 6 nitrogen and oxygen atoms in total. The monoisotopic (exact) mass is 356 g/mol. The van der Waals surface area contributed by atoms with Crippen LogP contribution in [-0.4, -0.2) is 22.8 Å². The van der Waals surface area contributed by atoms with Crippen molar-refractivity contribution in [1.29, 1.82) is 0 Å². The van der Waals surface area contributed by atoms with Gasteiger partial charge in [-0.1, -0.05) is 29.3 Å². The predicted octanol–water partition coefficient (Wildman–Crippen LogP) is 2.51. The second-order valence-corrected chi connectivity index (χ2v) is 6.97. The molecule has 0 fully saturated rings. The average molecular weight is 357 g/mol. The smallest absolute Gasteiger partial charge is 0.242 e. The number of nitrogens with zero attached hydrogens (tertiary/aromatic N) is 3. The molecule has 0 bridgehead atoms. The third-order valence-corrected chi connectivity index (χ3v) is 5.07. The molecule has 0 amide bonds. The first-order valence-corrected chi connectivity index (χ1v) is 8.43. The van der Waals surface area contributed by atoms with Crippen molar-refractivity contribution in [2.24, 2.45) is 0 Å². The third kappa shape index (κ3) is 2.93. The zero-order valence-corrected chi connectivity index (χ0v) is 13.4. The summed E-state index contributed by atoms with van der Waals surface area (Å²) in [6.07, 6.45) is 4.64. The van der Waals surface area contributed by atoms with Gasteiger partial charge in [0.1, 0.15) is 15.9 Å². The molecule has 0 aliphatic heterocycles. The van der Waals surface area contributed by atoms with Crippen LogP contribution in [0, 0.1) is 0 Å². The van der Waals surface area contributed by atoms with Crippen LogP contribution in [0.5, 0.6) is 0 Å². The van der Waals surface area contributed by atoms with E-state index in [2.05, 4.69) is 14.7 Å². The largest absolute Gasteiger partial charge is 0.303 e. The Morgan fingerprint density at radius 3 is 2.77 bits per heavy atom. The van der Waals surface area contributed by atoms with Gasteiger partial charge in [-0.05, 0) is 18.2 Å². The summed E-state index contributed by atoms with van der Waals surface area (Å²) >= 11 is 11.5. The number of sulfonamides is 1. The minimum Gasteiger partial charge on any atom is -0.303 e. The maximum atomic E-state index is 12.2. The Hall–Kier alpha value is -1.67. The van der Waals surface area contributed by atoms with Crippen molar-refractivity contribution >= 4 is 38.7 Å². The lowest BCUT2D eigenvalue weighted by molar-refractivity contribution is 0.578. The molecular weight excluding hydrogens is 347 g/mol. The first-order valence-electron chi connectivity index (χ1n) is 6.19. The van der Waals surface area contributed by atoms with E-state index in [0.717, 1.165) is 11.7 Å². The van der Waals surface area contributed by atoms with Crippen LogP contribution in [0.3, 0.4) is 0 Å². The van der Waals surface area contributed by atoms with Crippen molar-refractivity contribution in [2.45, 2.75) is 11.4 Å². The summed E-state index contributed by atoms with van der Waals surface area (Å²) in [5.74, 6) is 0.576. The van der Waals surface area contributed by atoms with Crippen molar-refractivity contribution in [3.63, 3.8) is 0 Å². The second-order valence-electron chi connectivity index (χ2n) is 4.44. The molecule has 0 saturated carbocycles. The van der Waals surface area contributed by atoms with E-state index in [1.54, 1.807) is 10.6 Å². The van der Waals surface area contributed by atoms with Gasteiger partial charge in [-0.2, -0.15) is 0 Å². The lowest BCUT2D eigenvalue weighted by atomic mass is 10.4. The van der Waals surface area contributed by atoms with Gasteiger partial charge < -0.3 is 4.40 Å². The molecule has 0 spiro atoms. The van der Waals surface area contributed by atoms with Gasteiger partial charge in [0.2, 0.25) is 10.0 Å². The number of imidazole rings is 1. The second kappa shape index (κ2) is 5.85. The molecule has 0 aliphatic carbocycles. The molecular formula is C13H10Cl2N4O2S. The van der Waals surface area contributed by atoms with Crippen molar-refractivity contribution < 1.29 is 8.42 Å².